The Labute approximate surface area is 236 Å². The van der Waals surface area contributed by atoms with Gasteiger partial charge in [-0.15, -0.1) is 0 Å². The van der Waals surface area contributed by atoms with Gasteiger partial charge in [0.25, 0.3) is 0 Å². The van der Waals surface area contributed by atoms with Crippen LogP contribution in [0.2, 0.25) is 5.02 Å². The Kier molecular flexibility index (Phi) is 7.53. The molecule has 0 aliphatic rings. The number of hydrogen-bond acceptors (Lipinski definition) is 7. The van der Waals surface area contributed by atoms with E-state index in [-0.39, 0.29) is 5.69 Å². The van der Waals surface area contributed by atoms with Crippen LogP contribution >= 0.6 is 11.6 Å². The minimum Gasteiger partial charge on any atom is -0.463 e. The number of benzene rings is 2. The van der Waals surface area contributed by atoms with Gasteiger partial charge >= 0.3 is 12.2 Å². The van der Waals surface area contributed by atoms with Gasteiger partial charge < -0.3 is 25.7 Å². The molecule has 5 rings (SSSR count). The third-order valence-electron chi connectivity index (χ3n) is 5.74. The second kappa shape index (κ2) is 11.2. The molecule has 0 spiro atoms. The van der Waals surface area contributed by atoms with Crippen molar-refractivity contribution >= 4 is 52.3 Å². The normalized spacial score (nSPS) is 11.3. The van der Waals surface area contributed by atoms with Crippen LogP contribution in [0.25, 0.3) is 11.5 Å². The number of nitrogens with one attached hydrogen (secondary N) is 5. The zero-order valence-electron chi connectivity index (χ0n) is 21.5. The minimum atomic E-state index is -4.65. The van der Waals surface area contributed by atoms with Gasteiger partial charge in [-0.1, -0.05) is 11.6 Å². The van der Waals surface area contributed by atoms with Gasteiger partial charge in [-0.05, 0) is 67.9 Å². The Morgan fingerprint density at radius 1 is 0.927 bits per heavy atom. The van der Waals surface area contributed by atoms with E-state index in [1.807, 2.05) is 19.9 Å². The second-order valence-corrected chi connectivity index (χ2v) is 9.32. The van der Waals surface area contributed by atoms with Crippen LogP contribution in [0.5, 0.6) is 0 Å². The van der Waals surface area contributed by atoms with Gasteiger partial charge in [0.05, 0.1) is 16.8 Å². The molecule has 0 aliphatic carbocycles. The molecule has 0 saturated heterocycles. The maximum atomic E-state index is 13.1. The quantitative estimate of drug-likeness (QED) is 0.132. The van der Waals surface area contributed by atoms with E-state index in [1.54, 1.807) is 42.7 Å². The fourth-order valence-corrected chi connectivity index (χ4v) is 4.10. The number of aromatic amines is 1. The summed E-state index contributed by atoms with van der Waals surface area (Å²) in [5, 5.41) is 18.0. The van der Waals surface area contributed by atoms with E-state index in [0.717, 1.165) is 17.7 Å². The highest BCUT2D eigenvalue weighted by Crippen LogP contribution is 2.36. The van der Waals surface area contributed by atoms with Crippen LogP contribution < -0.4 is 21.3 Å². The maximum absolute atomic E-state index is 13.1. The highest BCUT2D eigenvalue weighted by atomic mass is 35.5. The van der Waals surface area contributed by atoms with Gasteiger partial charge in [0, 0.05) is 34.9 Å². The fourth-order valence-electron chi connectivity index (χ4n) is 3.88. The Morgan fingerprint density at radius 3 is 2.39 bits per heavy atom. The molecule has 2 amide bonds. The lowest BCUT2D eigenvalue weighted by molar-refractivity contribution is -0.137. The number of carbonyl (C=O) groups excluding carboxylic acids is 1. The van der Waals surface area contributed by atoms with Crippen molar-refractivity contribution < 1.29 is 22.4 Å². The van der Waals surface area contributed by atoms with Crippen LogP contribution in [-0.2, 0) is 6.18 Å². The van der Waals surface area contributed by atoms with Crippen molar-refractivity contribution in [3.05, 3.63) is 88.8 Å². The maximum Gasteiger partial charge on any atom is 0.417 e. The Bertz CT molecular complexity index is 1700. The van der Waals surface area contributed by atoms with Crippen molar-refractivity contribution in [1.82, 2.24) is 20.2 Å². The van der Waals surface area contributed by atoms with Crippen LogP contribution in [0.1, 0.15) is 16.8 Å². The van der Waals surface area contributed by atoms with Gasteiger partial charge in [-0.3, -0.25) is 5.10 Å². The molecule has 0 atom stereocenters. The summed E-state index contributed by atoms with van der Waals surface area (Å²) in [6.45, 7) is 3.64. The average Bonchev–Trinajstić information content (AvgIpc) is 3.58. The summed E-state index contributed by atoms with van der Waals surface area (Å²) in [5.74, 6) is 2.04. The predicted molar refractivity (Wildman–Crippen MR) is 150 cm³/mol. The van der Waals surface area contributed by atoms with Gasteiger partial charge in [-0.2, -0.15) is 23.3 Å². The lowest BCUT2D eigenvalue weighted by Gasteiger charge is -2.14. The summed E-state index contributed by atoms with van der Waals surface area (Å²) in [5.41, 5.74) is 2.18. The first-order chi connectivity index (χ1) is 19.5. The van der Waals surface area contributed by atoms with Crippen molar-refractivity contribution in [2.75, 3.05) is 21.3 Å². The fraction of sp³-hybridized carbons (Fsp3) is 0.111. The van der Waals surface area contributed by atoms with E-state index < -0.39 is 22.8 Å². The first kappa shape index (κ1) is 27.5. The zero-order valence-corrected chi connectivity index (χ0v) is 22.3. The van der Waals surface area contributed by atoms with Crippen molar-refractivity contribution in [2.45, 2.75) is 20.0 Å². The number of amides is 2. The number of aromatic nitrogens is 4. The van der Waals surface area contributed by atoms with Crippen LogP contribution in [-0.4, -0.2) is 26.2 Å². The number of rotatable bonds is 7. The number of aryl methyl sites for hydroxylation is 2. The molecule has 41 heavy (non-hydrogen) atoms. The molecule has 14 heteroatoms. The van der Waals surface area contributed by atoms with Crippen LogP contribution in [0, 0.1) is 13.8 Å². The molecule has 210 valence electrons. The summed E-state index contributed by atoms with van der Waals surface area (Å²) >= 11 is 5.64. The van der Waals surface area contributed by atoms with Gasteiger partial charge in [0.15, 0.2) is 11.6 Å². The van der Waals surface area contributed by atoms with E-state index in [4.69, 9.17) is 16.0 Å². The molecule has 10 nitrogen and oxygen atoms in total. The Morgan fingerprint density at radius 2 is 1.68 bits per heavy atom. The number of H-pyrrole nitrogens is 1. The molecule has 0 fully saturated rings. The molecule has 5 N–H and O–H groups in total. The third-order valence-corrected chi connectivity index (χ3v) is 6.06. The molecule has 3 heterocycles. The van der Waals surface area contributed by atoms with E-state index in [0.29, 0.717) is 46.1 Å². The standard InChI is InChI=1S/C27H22ClF3N8O2/c1-14-10-16(33-26(40)34-17-5-7-19(28)18(12-17)27(29,30)31)6-8-20(14)35-25-32-15(2)11-23(37-25)36-24-13-21(38-39-24)22-4-3-9-41-22/h3-13H,1-2H3,(H2,33,34,40)(H3,32,35,36,37,38,39). The minimum absolute atomic E-state index is 0.0535. The van der Waals surface area contributed by atoms with Gasteiger partial charge in [0.2, 0.25) is 5.95 Å². The smallest absolute Gasteiger partial charge is 0.417 e. The highest BCUT2D eigenvalue weighted by Gasteiger charge is 2.33. The van der Waals surface area contributed by atoms with Crippen LogP contribution in [0.15, 0.2) is 71.3 Å². The third kappa shape index (κ3) is 6.76. The average molecular weight is 583 g/mol. The molecule has 3 aromatic heterocycles. The molecule has 0 radical (unpaired) electrons. The highest BCUT2D eigenvalue weighted by molar-refractivity contribution is 6.31. The van der Waals surface area contributed by atoms with Gasteiger partial charge in [-0.25, -0.2) is 9.78 Å². The van der Waals surface area contributed by atoms with Crippen LogP contribution in [0.4, 0.5) is 52.6 Å². The van der Waals surface area contributed by atoms with Crippen LogP contribution in [0.3, 0.4) is 0 Å². The zero-order chi connectivity index (χ0) is 29.1. The molecule has 0 aliphatic heterocycles. The molecule has 0 saturated carbocycles. The number of nitrogens with zero attached hydrogens (tertiary/aromatic N) is 3. The number of alkyl halides is 3. The van der Waals surface area contributed by atoms with Crippen molar-refractivity contribution in [1.29, 1.82) is 0 Å². The monoisotopic (exact) mass is 582 g/mol. The molecule has 0 bridgehead atoms. The number of anilines is 6. The van der Waals surface area contributed by atoms with Crippen molar-refractivity contribution in [2.24, 2.45) is 0 Å². The first-order valence-electron chi connectivity index (χ1n) is 12.1. The topological polar surface area (TPSA) is 133 Å². The summed E-state index contributed by atoms with van der Waals surface area (Å²) in [7, 11) is 0. The Balaban J connectivity index is 1.24. The second-order valence-electron chi connectivity index (χ2n) is 8.91. The Hall–Kier alpha value is -5.04. The van der Waals surface area contributed by atoms with E-state index in [1.165, 1.54) is 6.07 Å². The van der Waals surface area contributed by atoms with E-state index in [9.17, 15) is 18.0 Å². The van der Waals surface area contributed by atoms with Crippen molar-refractivity contribution in [3.63, 3.8) is 0 Å². The molecule has 0 unspecified atom stereocenters. The van der Waals surface area contributed by atoms with Crippen molar-refractivity contribution in [3.8, 4) is 11.5 Å². The largest absolute Gasteiger partial charge is 0.463 e. The number of halogens is 4. The molecular weight excluding hydrogens is 561 g/mol. The SMILES string of the molecule is Cc1cc(Nc2cc(-c3ccco3)[nH]n2)nc(Nc2ccc(NC(=O)Nc3ccc(Cl)c(C(F)(F)F)c3)cc2C)n1. The van der Waals surface area contributed by atoms with Gasteiger partial charge in [0.1, 0.15) is 11.5 Å². The molecule has 2 aromatic carbocycles. The van der Waals surface area contributed by atoms with E-state index >= 15 is 0 Å². The summed E-state index contributed by atoms with van der Waals surface area (Å²) in [6, 6.07) is 14.6. The van der Waals surface area contributed by atoms with E-state index in [2.05, 4.69) is 41.4 Å². The lowest BCUT2D eigenvalue weighted by Crippen LogP contribution is -2.20. The predicted octanol–water partition coefficient (Wildman–Crippen LogP) is 7.88. The summed E-state index contributed by atoms with van der Waals surface area (Å²) in [6.07, 6.45) is -3.07. The number of urea groups is 1. The number of carbonyl (C=O) groups is 1. The number of furan rings is 1. The molecule has 5 aromatic rings. The summed E-state index contributed by atoms with van der Waals surface area (Å²) < 4.78 is 44.7. The molecular formula is C27H22ClF3N8O2. The lowest BCUT2D eigenvalue weighted by atomic mass is 10.1. The first-order valence-corrected chi connectivity index (χ1v) is 12.5. The summed E-state index contributed by atoms with van der Waals surface area (Å²) in [4.78, 5) is 21.4. The number of hydrogen-bond donors (Lipinski definition) is 5.